The maximum Gasteiger partial charge on any atom is 1.00 e. The Balaban J connectivity index is 0.00000256. The van der Waals surface area contributed by atoms with E-state index in [2.05, 4.69) is 18.4 Å². The van der Waals surface area contributed by atoms with E-state index < -0.39 is 24.6 Å². The molecule has 0 amide bonds. The molecule has 5 nitrogen and oxygen atoms in total. The van der Waals surface area contributed by atoms with Crippen LogP contribution >= 0.6 is 0 Å². The first kappa shape index (κ1) is 25.3. The summed E-state index contributed by atoms with van der Waals surface area (Å²) in [6.07, 6.45) is 0.727. The molecule has 0 aliphatic carbocycles. The van der Waals surface area contributed by atoms with E-state index in [-0.39, 0.29) is 49.3 Å². The van der Waals surface area contributed by atoms with Crippen LogP contribution in [-0.2, 0) is 4.79 Å². The number of aliphatic hydroxyl groups excluding tert-OH is 2. The first-order chi connectivity index (χ1) is 14.3. The van der Waals surface area contributed by atoms with Gasteiger partial charge in [-0.1, -0.05) is 36.4 Å². The summed E-state index contributed by atoms with van der Waals surface area (Å²) in [4.78, 5) is 10.7. The largest absolute Gasteiger partial charge is 1.00 e. The van der Waals surface area contributed by atoms with Crippen molar-refractivity contribution in [2.75, 3.05) is 0 Å². The molecule has 2 aromatic carbocycles. The summed E-state index contributed by atoms with van der Waals surface area (Å²) in [6.45, 7) is 4.12. The fraction of sp³-hybridized carbons (Fsp3) is 0.292. The molecular formula is C24H27FNNaO4. The maximum atomic E-state index is 13.5. The van der Waals surface area contributed by atoms with Gasteiger partial charge in [0.1, 0.15) is 5.82 Å². The van der Waals surface area contributed by atoms with E-state index in [1.807, 2.05) is 24.3 Å². The van der Waals surface area contributed by atoms with Gasteiger partial charge >= 0.3 is 35.5 Å². The van der Waals surface area contributed by atoms with Gasteiger partial charge in [0.05, 0.1) is 18.6 Å². The van der Waals surface area contributed by atoms with Gasteiger partial charge in [0.2, 0.25) is 0 Å². The Hall–Kier alpha value is -1.96. The molecular weight excluding hydrogens is 408 g/mol. The SMILES string of the molecule is CC(C)n1c(/C=C/[C@H](O)C[C@H](O)CC(=O)O)c(-c2ccc(F)cc2)c2ccccc21.[H-].[Na+]. The molecule has 0 fully saturated rings. The van der Waals surface area contributed by atoms with Crippen LogP contribution in [0, 0.1) is 5.82 Å². The van der Waals surface area contributed by atoms with Gasteiger partial charge in [0.25, 0.3) is 0 Å². The molecule has 2 atom stereocenters. The van der Waals surface area contributed by atoms with Crippen LogP contribution in [0.3, 0.4) is 0 Å². The molecule has 3 rings (SSSR count). The molecule has 0 saturated carbocycles. The fourth-order valence-electron chi connectivity index (χ4n) is 3.77. The summed E-state index contributed by atoms with van der Waals surface area (Å²) in [5, 5.41) is 29.9. The average Bonchev–Trinajstić information content (AvgIpc) is 3.00. The van der Waals surface area contributed by atoms with Gasteiger partial charge in [-0.05, 0) is 43.7 Å². The third-order valence-electron chi connectivity index (χ3n) is 5.00. The Morgan fingerprint density at radius 1 is 1.13 bits per heavy atom. The van der Waals surface area contributed by atoms with E-state index >= 15 is 0 Å². The number of fused-ring (bicyclic) bond motifs is 1. The number of carboxylic acids is 1. The number of carboxylic acid groups (broad SMARTS) is 1. The van der Waals surface area contributed by atoms with Crippen molar-refractivity contribution in [1.82, 2.24) is 4.57 Å². The minimum atomic E-state index is -1.13. The summed E-state index contributed by atoms with van der Waals surface area (Å²) in [7, 11) is 0. The zero-order chi connectivity index (χ0) is 21.8. The molecule has 0 aliphatic rings. The number of aliphatic carboxylic acids is 1. The predicted molar refractivity (Wildman–Crippen MR) is 117 cm³/mol. The number of hydrogen-bond donors (Lipinski definition) is 3. The van der Waals surface area contributed by atoms with Gasteiger partial charge in [-0.15, -0.1) is 0 Å². The number of para-hydroxylation sites is 1. The van der Waals surface area contributed by atoms with Crippen LogP contribution < -0.4 is 29.6 Å². The molecule has 0 bridgehead atoms. The zero-order valence-corrected chi connectivity index (χ0v) is 20.0. The second-order valence-electron chi connectivity index (χ2n) is 7.66. The van der Waals surface area contributed by atoms with E-state index in [1.165, 1.54) is 12.1 Å². The summed E-state index contributed by atoms with van der Waals surface area (Å²) < 4.78 is 15.6. The van der Waals surface area contributed by atoms with Crippen LogP contribution in [0.1, 0.15) is 39.9 Å². The molecule has 160 valence electrons. The Morgan fingerprint density at radius 2 is 1.77 bits per heavy atom. The molecule has 31 heavy (non-hydrogen) atoms. The van der Waals surface area contributed by atoms with Crippen LogP contribution in [0.2, 0.25) is 0 Å². The second-order valence-corrected chi connectivity index (χ2v) is 7.66. The smallest absolute Gasteiger partial charge is 1.00 e. The monoisotopic (exact) mass is 435 g/mol. The Kier molecular flexibility index (Phi) is 9.03. The Labute approximate surface area is 204 Å². The molecule has 3 aromatic rings. The third kappa shape index (κ3) is 6.05. The molecule has 0 unspecified atom stereocenters. The maximum absolute atomic E-state index is 13.5. The summed E-state index contributed by atoms with van der Waals surface area (Å²) >= 11 is 0. The molecule has 3 N–H and O–H groups in total. The van der Waals surface area contributed by atoms with Gasteiger partial charge in [0, 0.05) is 34.6 Å². The van der Waals surface area contributed by atoms with Crippen molar-refractivity contribution in [3.8, 4) is 11.1 Å². The number of rotatable bonds is 8. The summed E-state index contributed by atoms with van der Waals surface area (Å²) in [5.41, 5.74) is 3.65. The second kappa shape index (κ2) is 11.1. The van der Waals surface area contributed by atoms with E-state index in [0.29, 0.717) is 0 Å². The molecule has 0 radical (unpaired) electrons. The number of aromatic nitrogens is 1. The number of aliphatic hydroxyl groups is 2. The number of hydrogen-bond acceptors (Lipinski definition) is 3. The van der Waals surface area contributed by atoms with Crippen LogP contribution in [-0.4, -0.2) is 38.1 Å². The minimum absolute atomic E-state index is 0. The van der Waals surface area contributed by atoms with Crippen LogP contribution in [0.4, 0.5) is 4.39 Å². The first-order valence-corrected chi connectivity index (χ1v) is 9.93. The molecule has 0 spiro atoms. The summed E-state index contributed by atoms with van der Waals surface area (Å²) in [5.74, 6) is -1.43. The summed E-state index contributed by atoms with van der Waals surface area (Å²) in [6, 6.07) is 14.4. The van der Waals surface area contributed by atoms with Gasteiger partial charge in [-0.25, -0.2) is 4.39 Å². The molecule has 1 aromatic heterocycles. The average molecular weight is 435 g/mol. The minimum Gasteiger partial charge on any atom is -1.00 e. The third-order valence-corrected chi connectivity index (χ3v) is 5.00. The molecule has 0 aliphatic heterocycles. The van der Waals surface area contributed by atoms with Gasteiger partial charge in [-0.2, -0.15) is 0 Å². The predicted octanol–water partition coefficient (Wildman–Crippen LogP) is 1.74. The van der Waals surface area contributed by atoms with Gasteiger partial charge in [-0.3, -0.25) is 4.79 Å². The van der Waals surface area contributed by atoms with Crippen molar-refractivity contribution in [2.45, 2.75) is 44.9 Å². The zero-order valence-electron chi connectivity index (χ0n) is 19.0. The van der Waals surface area contributed by atoms with Crippen molar-refractivity contribution in [2.24, 2.45) is 0 Å². The van der Waals surface area contributed by atoms with E-state index in [1.54, 1.807) is 24.3 Å². The van der Waals surface area contributed by atoms with E-state index in [9.17, 15) is 19.4 Å². The number of halogens is 1. The molecule has 1 heterocycles. The van der Waals surface area contributed by atoms with Crippen molar-refractivity contribution in [1.29, 1.82) is 0 Å². The van der Waals surface area contributed by atoms with Gasteiger partial charge in [0.15, 0.2) is 0 Å². The number of carbonyl (C=O) groups is 1. The number of benzene rings is 2. The standard InChI is InChI=1S/C24H26FNO4.Na.H/c1-15(2)26-21-6-4-3-5-20(21)24(16-7-9-17(25)10-8-16)22(26)12-11-18(27)13-19(28)14-23(29)30;;/h3-12,15,18-19,27-28H,13-14H2,1-2H3,(H,29,30);;/q;+1;-1/b12-11+;;/t18-,19-;;/m0../s1. The van der Waals surface area contributed by atoms with Crippen molar-refractivity contribution in [3.05, 3.63) is 66.1 Å². The van der Waals surface area contributed by atoms with Gasteiger partial charge < -0.3 is 21.3 Å². The Bertz CT molecular complexity index is 1070. The van der Waals surface area contributed by atoms with Crippen molar-refractivity contribution < 1.29 is 55.5 Å². The van der Waals surface area contributed by atoms with E-state index in [4.69, 9.17) is 5.11 Å². The number of nitrogens with zero attached hydrogens (tertiary/aromatic N) is 1. The van der Waals surface area contributed by atoms with Crippen LogP contribution in [0.25, 0.3) is 28.1 Å². The normalized spacial score (nSPS) is 13.5. The van der Waals surface area contributed by atoms with E-state index in [0.717, 1.165) is 27.7 Å². The Morgan fingerprint density at radius 3 is 2.39 bits per heavy atom. The molecule has 0 saturated heterocycles. The van der Waals surface area contributed by atoms with Crippen molar-refractivity contribution in [3.63, 3.8) is 0 Å². The van der Waals surface area contributed by atoms with Crippen molar-refractivity contribution >= 4 is 22.9 Å². The topological polar surface area (TPSA) is 82.7 Å². The fourth-order valence-corrected chi connectivity index (χ4v) is 3.77. The van der Waals surface area contributed by atoms with Crippen LogP contribution in [0.15, 0.2) is 54.6 Å². The molecule has 7 heteroatoms. The quantitative estimate of drug-likeness (QED) is 0.471. The van der Waals surface area contributed by atoms with Crippen LogP contribution in [0.5, 0.6) is 0 Å². The first-order valence-electron chi connectivity index (χ1n) is 9.93.